The first-order chi connectivity index (χ1) is 9.85. The summed E-state index contributed by atoms with van der Waals surface area (Å²) >= 11 is 1.62. The molecule has 1 heterocycles. The number of nitrogens with one attached hydrogen (secondary N) is 1. The zero-order valence-electron chi connectivity index (χ0n) is 12.1. The van der Waals surface area contributed by atoms with Gasteiger partial charge in [-0.05, 0) is 25.5 Å². The molecule has 1 aromatic heterocycles. The fourth-order valence-corrected chi connectivity index (χ4v) is 2.66. The van der Waals surface area contributed by atoms with E-state index in [-0.39, 0.29) is 0 Å². The summed E-state index contributed by atoms with van der Waals surface area (Å²) in [7, 11) is 0. The quantitative estimate of drug-likeness (QED) is 0.792. The van der Waals surface area contributed by atoms with Gasteiger partial charge in [0.1, 0.15) is 12.4 Å². The zero-order chi connectivity index (χ0) is 14.2. The SMILES string of the molecule is CCCNC(CC)c1ccccc1OCc1cncs1. The highest BCUT2D eigenvalue weighted by Crippen LogP contribution is 2.28. The molecule has 0 radical (unpaired) electrons. The lowest BCUT2D eigenvalue weighted by molar-refractivity contribution is 0.301. The minimum atomic E-state index is 0.354. The Morgan fingerprint density at radius 2 is 2.15 bits per heavy atom. The third-order valence-electron chi connectivity index (χ3n) is 3.20. The second-order valence-corrected chi connectivity index (χ2v) is 5.68. The number of aromatic nitrogens is 1. The zero-order valence-corrected chi connectivity index (χ0v) is 13.0. The van der Waals surface area contributed by atoms with Crippen LogP contribution in [0.5, 0.6) is 5.75 Å². The maximum Gasteiger partial charge on any atom is 0.124 e. The van der Waals surface area contributed by atoms with Gasteiger partial charge in [0.2, 0.25) is 0 Å². The van der Waals surface area contributed by atoms with Gasteiger partial charge in [0, 0.05) is 17.8 Å². The van der Waals surface area contributed by atoms with Crippen molar-refractivity contribution in [2.75, 3.05) is 6.54 Å². The van der Waals surface area contributed by atoms with Gasteiger partial charge in [0.05, 0.1) is 10.4 Å². The molecule has 108 valence electrons. The van der Waals surface area contributed by atoms with Gasteiger partial charge in [-0.15, -0.1) is 11.3 Å². The predicted molar refractivity (Wildman–Crippen MR) is 84.2 cm³/mol. The van der Waals surface area contributed by atoms with E-state index in [4.69, 9.17) is 4.74 Å². The number of thiazole rings is 1. The van der Waals surface area contributed by atoms with Crippen LogP contribution < -0.4 is 10.1 Å². The molecular weight excluding hydrogens is 268 g/mol. The van der Waals surface area contributed by atoms with Crippen LogP contribution in [0.4, 0.5) is 0 Å². The van der Waals surface area contributed by atoms with Crippen molar-refractivity contribution in [3.8, 4) is 5.75 Å². The molecule has 0 amide bonds. The van der Waals surface area contributed by atoms with E-state index in [1.807, 2.05) is 23.8 Å². The molecule has 1 atom stereocenters. The largest absolute Gasteiger partial charge is 0.488 e. The summed E-state index contributed by atoms with van der Waals surface area (Å²) in [6.45, 7) is 6.01. The maximum atomic E-state index is 5.97. The monoisotopic (exact) mass is 290 g/mol. The molecule has 0 saturated heterocycles. The lowest BCUT2D eigenvalue weighted by Crippen LogP contribution is -2.22. The summed E-state index contributed by atoms with van der Waals surface area (Å²) in [6, 6.07) is 8.65. The van der Waals surface area contributed by atoms with Gasteiger partial charge in [-0.25, -0.2) is 0 Å². The number of ether oxygens (including phenoxy) is 1. The van der Waals surface area contributed by atoms with Crippen LogP contribution in [0, 0.1) is 0 Å². The molecule has 2 aromatic rings. The first-order valence-corrected chi connectivity index (χ1v) is 8.05. The summed E-state index contributed by atoms with van der Waals surface area (Å²) in [5.41, 5.74) is 3.08. The Hall–Kier alpha value is -1.39. The van der Waals surface area contributed by atoms with E-state index in [9.17, 15) is 0 Å². The molecule has 0 fully saturated rings. The van der Waals surface area contributed by atoms with Crippen molar-refractivity contribution in [2.45, 2.75) is 39.3 Å². The third kappa shape index (κ3) is 4.05. The highest BCUT2D eigenvalue weighted by molar-refractivity contribution is 7.09. The Morgan fingerprint density at radius 1 is 1.30 bits per heavy atom. The van der Waals surface area contributed by atoms with Gasteiger partial charge in [-0.2, -0.15) is 0 Å². The minimum absolute atomic E-state index is 0.354. The van der Waals surface area contributed by atoms with Crippen LogP contribution in [0.1, 0.15) is 43.2 Å². The number of rotatable bonds is 8. The van der Waals surface area contributed by atoms with Crippen LogP contribution in [-0.2, 0) is 6.61 Å². The van der Waals surface area contributed by atoms with E-state index in [1.54, 1.807) is 11.3 Å². The standard InChI is InChI=1S/C16H22N2OS/c1-3-9-18-15(4-2)14-7-5-6-8-16(14)19-11-13-10-17-12-20-13/h5-8,10,12,15,18H,3-4,9,11H2,1-2H3. The number of para-hydroxylation sites is 1. The first-order valence-electron chi connectivity index (χ1n) is 7.17. The second kappa shape index (κ2) is 8.02. The van der Waals surface area contributed by atoms with Crippen molar-refractivity contribution in [1.29, 1.82) is 0 Å². The van der Waals surface area contributed by atoms with Gasteiger partial charge in [-0.3, -0.25) is 4.98 Å². The van der Waals surface area contributed by atoms with Crippen molar-refractivity contribution < 1.29 is 4.74 Å². The molecule has 20 heavy (non-hydrogen) atoms. The van der Waals surface area contributed by atoms with Gasteiger partial charge >= 0.3 is 0 Å². The first kappa shape index (κ1) is 15.0. The lowest BCUT2D eigenvalue weighted by atomic mass is 10.0. The highest BCUT2D eigenvalue weighted by atomic mass is 32.1. The number of hydrogen-bond acceptors (Lipinski definition) is 4. The van der Waals surface area contributed by atoms with E-state index < -0.39 is 0 Å². The average molecular weight is 290 g/mol. The second-order valence-electron chi connectivity index (χ2n) is 4.71. The molecule has 0 spiro atoms. The molecular formula is C16H22N2OS. The van der Waals surface area contributed by atoms with Crippen molar-refractivity contribution >= 4 is 11.3 Å². The Balaban J connectivity index is 2.07. The van der Waals surface area contributed by atoms with Crippen LogP contribution >= 0.6 is 11.3 Å². The summed E-state index contributed by atoms with van der Waals surface area (Å²) in [5, 5.41) is 3.58. The Kier molecular flexibility index (Phi) is 6.02. The van der Waals surface area contributed by atoms with Gasteiger partial charge in [0.25, 0.3) is 0 Å². The summed E-state index contributed by atoms with van der Waals surface area (Å²) in [4.78, 5) is 5.22. The maximum absolute atomic E-state index is 5.97. The fraction of sp³-hybridized carbons (Fsp3) is 0.438. The van der Waals surface area contributed by atoms with Crippen LogP contribution in [0.25, 0.3) is 0 Å². The third-order valence-corrected chi connectivity index (χ3v) is 3.95. The topological polar surface area (TPSA) is 34.1 Å². The smallest absolute Gasteiger partial charge is 0.124 e. The molecule has 3 nitrogen and oxygen atoms in total. The van der Waals surface area contributed by atoms with E-state index in [1.165, 1.54) is 5.56 Å². The molecule has 1 N–H and O–H groups in total. The van der Waals surface area contributed by atoms with Gasteiger partial charge in [0.15, 0.2) is 0 Å². The van der Waals surface area contributed by atoms with E-state index in [0.717, 1.165) is 30.0 Å². The number of hydrogen-bond donors (Lipinski definition) is 1. The van der Waals surface area contributed by atoms with Crippen LogP contribution in [0.2, 0.25) is 0 Å². The number of benzene rings is 1. The van der Waals surface area contributed by atoms with Crippen LogP contribution in [0.15, 0.2) is 36.0 Å². The van der Waals surface area contributed by atoms with Crippen molar-refractivity contribution in [1.82, 2.24) is 10.3 Å². The predicted octanol–water partition coefficient (Wildman–Crippen LogP) is 4.17. The Morgan fingerprint density at radius 3 is 2.85 bits per heavy atom. The molecule has 0 aliphatic heterocycles. The minimum Gasteiger partial charge on any atom is -0.488 e. The van der Waals surface area contributed by atoms with Crippen LogP contribution in [0.3, 0.4) is 0 Å². The summed E-state index contributed by atoms with van der Waals surface area (Å²) < 4.78 is 5.97. The van der Waals surface area contributed by atoms with E-state index >= 15 is 0 Å². The van der Waals surface area contributed by atoms with Crippen molar-refractivity contribution in [2.24, 2.45) is 0 Å². The lowest BCUT2D eigenvalue weighted by Gasteiger charge is -2.20. The summed E-state index contributed by atoms with van der Waals surface area (Å²) in [6.07, 6.45) is 4.06. The molecule has 0 bridgehead atoms. The summed E-state index contributed by atoms with van der Waals surface area (Å²) in [5.74, 6) is 0.969. The van der Waals surface area contributed by atoms with E-state index in [0.29, 0.717) is 12.6 Å². The fourth-order valence-electron chi connectivity index (χ4n) is 2.15. The Bertz CT molecular complexity index is 499. The molecule has 1 unspecified atom stereocenters. The Labute approximate surface area is 125 Å². The van der Waals surface area contributed by atoms with Gasteiger partial charge in [-0.1, -0.05) is 32.0 Å². The molecule has 0 saturated carbocycles. The molecule has 0 aliphatic carbocycles. The molecule has 0 aliphatic rings. The highest BCUT2D eigenvalue weighted by Gasteiger charge is 2.13. The van der Waals surface area contributed by atoms with Gasteiger partial charge < -0.3 is 10.1 Å². The van der Waals surface area contributed by atoms with E-state index in [2.05, 4.69) is 36.3 Å². The molecule has 4 heteroatoms. The molecule has 2 rings (SSSR count). The average Bonchev–Trinajstić information content (AvgIpc) is 3.00. The normalized spacial score (nSPS) is 12.3. The molecule has 1 aromatic carbocycles. The van der Waals surface area contributed by atoms with Crippen molar-refractivity contribution in [3.63, 3.8) is 0 Å². The van der Waals surface area contributed by atoms with Crippen LogP contribution in [-0.4, -0.2) is 11.5 Å². The number of nitrogens with zero attached hydrogens (tertiary/aromatic N) is 1. The van der Waals surface area contributed by atoms with Crippen molar-refractivity contribution in [3.05, 3.63) is 46.4 Å².